The zero-order chi connectivity index (χ0) is 13.2. The van der Waals surface area contributed by atoms with Gasteiger partial charge in [-0.2, -0.15) is 0 Å². The van der Waals surface area contributed by atoms with Crippen molar-refractivity contribution in [3.8, 4) is 0 Å². The van der Waals surface area contributed by atoms with Gasteiger partial charge in [-0.3, -0.25) is 14.8 Å². The third-order valence-electron chi connectivity index (χ3n) is 2.29. The lowest BCUT2D eigenvalue weighted by Crippen LogP contribution is -2.22. The molecule has 17 heavy (non-hydrogen) atoms. The molecule has 0 aromatic heterocycles. The SMILES string of the molecule is Cc1cc([N+](=O)[O-])ccc1NS(=O)(=O)C(C)C. The van der Waals surface area contributed by atoms with Crippen molar-refractivity contribution in [3.05, 3.63) is 33.9 Å². The monoisotopic (exact) mass is 258 g/mol. The molecule has 0 radical (unpaired) electrons. The van der Waals surface area contributed by atoms with E-state index >= 15 is 0 Å². The Morgan fingerprint density at radius 3 is 2.35 bits per heavy atom. The van der Waals surface area contributed by atoms with Crippen LogP contribution in [-0.2, 0) is 10.0 Å². The Morgan fingerprint density at radius 1 is 1.35 bits per heavy atom. The first kappa shape index (κ1) is 13.4. The maximum atomic E-state index is 11.6. The van der Waals surface area contributed by atoms with E-state index in [2.05, 4.69) is 4.72 Å². The van der Waals surface area contributed by atoms with E-state index < -0.39 is 20.2 Å². The molecule has 0 amide bonds. The van der Waals surface area contributed by atoms with Gasteiger partial charge in [-0.15, -0.1) is 0 Å². The van der Waals surface area contributed by atoms with Gasteiger partial charge in [-0.1, -0.05) is 0 Å². The summed E-state index contributed by atoms with van der Waals surface area (Å²) >= 11 is 0. The Kier molecular flexibility index (Phi) is 3.72. The molecule has 1 rings (SSSR count). The highest BCUT2D eigenvalue weighted by Crippen LogP contribution is 2.22. The summed E-state index contributed by atoms with van der Waals surface area (Å²) in [5, 5.41) is 9.97. The standard InChI is InChI=1S/C10H14N2O4S/c1-7(2)17(15,16)11-10-5-4-9(12(13)14)6-8(10)3/h4-7,11H,1-3H3. The first-order valence-electron chi connectivity index (χ1n) is 5.00. The summed E-state index contributed by atoms with van der Waals surface area (Å²) in [5.74, 6) is 0. The molecule has 7 heteroatoms. The van der Waals surface area contributed by atoms with Crippen molar-refractivity contribution >= 4 is 21.4 Å². The maximum absolute atomic E-state index is 11.6. The van der Waals surface area contributed by atoms with Gasteiger partial charge in [0.1, 0.15) is 0 Å². The fourth-order valence-corrected chi connectivity index (χ4v) is 1.92. The molecular weight excluding hydrogens is 244 g/mol. The molecule has 94 valence electrons. The molecule has 0 fully saturated rings. The summed E-state index contributed by atoms with van der Waals surface area (Å²) in [5.41, 5.74) is 0.822. The van der Waals surface area contributed by atoms with E-state index in [1.54, 1.807) is 20.8 Å². The first-order chi connectivity index (χ1) is 7.74. The van der Waals surface area contributed by atoms with Gasteiger partial charge in [0.15, 0.2) is 0 Å². The van der Waals surface area contributed by atoms with Crippen LogP contribution in [-0.4, -0.2) is 18.6 Å². The van der Waals surface area contributed by atoms with Crippen molar-refractivity contribution in [2.75, 3.05) is 4.72 Å². The van der Waals surface area contributed by atoms with E-state index in [1.165, 1.54) is 18.2 Å². The smallest absolute Gasteiger partial charge is 0.269 e. The van der Waals surface area contributed by atoms with Gasteiger partial charge in [-0.25, -0.2) is 8.42 Å². The fraction of sp³-hybridized carbons (Fsp3) is 0.400. The molecule has 1 N–H and O–H groups in total. The number of hydrogen-bond donors (Lipinski definition) is 1. The number of rotatable bonds is 4. The summed E-state index contributed by atoms with van der Waals surface area (Å²) < 4.78 is 25.7. The summed E-state index contributed by atoms with van der Waals surface area (Å²) in [6.45, 7) is 4.73. The third kappa shape index (κ3) is 3.16. The molecule has 0 bridgehead atoms. The third-order valence-corrected chi connectivity index (χ3v) is 4.04. The number of hydrogen-bond acceptors (Lipinski definition) is 4. The molecule has 6 nitrogen and oxygen atoms in total. The van der Waals surface area contributed by atoms with Crippen molar-refractivity contribution in [1.82, 2.24) is 0 Å². The molecule has 0 aliphatic rings. The molecule has 1 aromatic rings. The van der Waals surface area contributed by atoms with Crippen molar-refractivity contribution in [1.29, 1.82) is 0 Å². The predicted octanol–water partition coefficient (Wildman–Crippen LogP) is 2.05. The van der Waals surface area contributed by atoms with Gasteiger partial charge in [0.25, 0.3) is 5.69 Å². The number of nitrogens with one attached hydrogen (secondary N) is 1. The molecule has 0 aliphatic heterocycles. The van der Waals surface area contributed by atoms with Gasteiger partial charge < -0.3 is 0 Å². The van der Waals surface area contributed by atoms with Crippen LogP contribution in [0.1, 0.15) is 19.4 Å². The van der Waals surface area contributed by atoms with Crippen LogP contribution in [0.3, 0.4) is 0 Å². The Morgan fingerprint density at radius 2 is 1.94 bits per heavy atom. The van der Waals surface area contributed by atoms with Gasteiger partial charge >= 0.3 is 0 Å². The van der Waals surface area contributed by atoms with Crippen LogP contribution in [0.25, 0.3) is 0 Å². The second kappa shape index (κ2) is 4.70. The van der Waals surface area contributed by atoms with Crippen LogP contribution in [0, 0.1) is 17.0 Å². The van der Waals surface area contributed by atoms with E-state index in [9.17, 15) is 18.5 Å². The Bertz CT molecular complexity index is 537. The molecule has 0 atom stereocenters. The van der Waals surface area contributed by atoms with Crippen molar-refractivity contribution < 1.29 is 13.3 Å². The van der Waals surface area contributed by atoms with Gasteiger partial charge in [0.2, 0.25) is 10.0 Å². The quantitative estimate of drug-likeness (QED) is 0.661. The van der Waals surface area contributed by atoms with Crippen molar-refractivity contribution in [2.24, 2.45) is 0 Å². The predicted molar refractivity (Wildman–Crippen MR) is 65.5 cm³/mol. The highest BCUT2D eigenvalue weighted by Gasteiger charge is 2.17. The second-order valence-electron chi connectivity index (χ2n) is 3.95. The van der Waals surface area contributed by atoms with Gasteiger partial charge in [-0.05, 0) is 32.4 Å². The average Bonchev–Trinajstić information content (AvgIpc) is 2.20. The lowest BCUT2D eigenvalue weighted by Gasteiger charge is -2.12. The number of aryl methyl sites for hydroxylation is 1. The van der Waals surface area contributed by atoms with Crippen LogP contribution in [0.5, 0.6) is 0 Å². The number of nitrogens with zero attached hydrogens (tertiary/aromatic N) is 1. The fourth-order valence-electron chi connectivity index (χ4n) is 1.15. The number of nitro benzene ring substituents is 1. The van der Waals surface area contributed by atoms with Crippen LogP contribution < -0.4 is 4.72 Å². The van der Waals surface area contributed by atoms with Crippen LogP contribution in [0.4, 0.5) is 11.4 Å². The van der Waals surface area contributed by atoms with E-state index in [0.29, 0.717) is 11.3 Å². The van der Waals surface area contributed by atoms with E-state index in [1.807, 2.05) is 0 Å². The highest BCUT2D eigenvalue weighted by atomic mass is 32.2. The molecule has 0 saturated heterocycles. The average molecular weight is 258 g/mol. The number of nitro groups is 1. The summed E-state index contributed by atoms with van der Waals surface area (Å²) in [4.78, 5) is 10.0. The van der Waals surface area contributed by atoms with Crippen LogP contribution in [0.2, 0.25) is 0 Å². The lowest BCUT2D eigenvalue weighted by atomic mass is 10.2. The number of sulfonamides is 1. The minimum atomic E-state index is -3.43. The van der Waals surface area contributed by atoms with E-state index in [-0.39, 0.29) is 5.69 Å². The van der Waals surface area contributed by atoms with Gasteiger partial charge in [0.05, 0.1) is 15.9 Å². The molecule has 0 spiro atoms. The van der Waals surface area contributed by atoms with Crippen molar-refractivity contribution in [2.45, 2.75) is 26.0 Å². The molecule has 1 aromatic carbocycles. The minimum Gasteiger partial charge on any atom is -0.283 e. The summed E-state index contributed by atoms with van der Waals surface area (Å²) in [6.07, 6.45) is 0. The molecule has 0 aliphatic carbocycles. The zero-order valence-corrected chi connectivity index (χ0v) is 10.6. The molecule has 0 unspecified atom stereocenters. The summed E-state index contributed by atoms with van der Waals surface area (Å²) in [7, 11) is -3.43. The van der Waals surface area contributed by atoms with E-state index in [4.69, 9.17) is 0 Å². The largest absolute Gasteiger partial charge is 0.283 e. The normalized spacial score (nSPS) is 11.5. The van der Waals surface area contributed by atoms with Crippen LogP contribution in [0.15, 0.2) is 18.2 Å². The van der Waals surface area contributed by atoms with Crippen molar-refractivity contribution in [3.63, 3.8) is 0 Å². The number of benzene rings is 1. The zero-order valence-electron chi connectivity index (χ0n) is 9.80. The molecule has 0 saturated carbocycles. The highest BCUT2D eigenvalue weighted by molar-refractivity contribution is 7.93. The minimum absolute atomic E-state index is 0.0602. The number of non-ortho nitro benzene ring substituents is 1. The second-order valence-corrected chi connectivity index (χ2v) is 6.19. The number of anilines is 1. The van der Waals surface area contributed by atoms with Crippen LogP contribution >= 0.6 is 0 Å². The topological polar surface area (TPSA) is 89.3 Å². The maximum Gasteiger partial charge on any atom is 0.269 e. The van der Waals surface area contributed by atoms with E-state index in [0.717, 1.165) is 0 Å². The Hall–Kier alpha value is -1.63. The Balaban J connectivity index is 3.06. The Labute approximate surface area is 99.9 Å². The molecular formula is C10H14N2O4S. The van der Waals surface area contributed by atoms with Gasteiger partial charge in [0, 0.05) is 12.1 Å². The molecule has 0 heterocycles. The lowest BCUT2D eigenvalue weighted by molar-refractivity contribution is -0.384. The first-order valence-corrected chi connectivity index (χ1v) is 6.55. The summed E-state index contributed by atoms with van der Waals surface area (Å²) in [6, 6.07) is 4.00.